The molecule has 1 aliphatic heterocycles. The number of nitrogens with zero attached hydrogens (tertiary/aromatic N) is 3. The highest BCUT2D eigenvalue weighted by atomic mass is 15.0. The van der Waals surface area contributed by atoms with Crippen LogP contribution in [0.3, 0.4) is 0 Å². The standard InChI is InChI=1S/C51H31N3/c1-2-13-32(14-3-1)33-25-27-34(28-26-33)48-40-17-5-9-22-45(40)52-50(53-48)35-29-30-37-36-15-4-7-19-41(36)51(44(37)31-35)42-20-8-11-24-47(42)54-46-23-10-6-16-38(46)39-18-12-21-43(51)49(39)54/h1-31H. The maximum absolute atomic E-state index is 5.38. The lowest BCUT2D eigenvalue weighted by Gasteiger charge is -2.39. The van der Waals surface area contributed by atoms with Gasteiger partial charge < -0.3 is 4.57 Å². The Balaban J connectivity index is 1.12. The van der Waals surface area contributed by atoms with Crippen LogP contribution in [0.5, 0.6) is 0 Å². The van der Waals surface area contributed by atoms with Gasteiger partial charge in [-0.15, -0.1) is 0 Å². The maximum atomic E-state index is 5.38. The van der Waals surface area contributed by atoms with E-state index in [9.17, 15) is 0 Å². The molecule has 1 spiro atoms. The van der Waals surface area contributed by atoms with Crippen LogP contribution >= 0.6 is 0 Å². The first-order valence-corrected chi connectivity index (χ1v) is 18.6. The fourth-order valence-electron chi connectivity index (χ4n) is 9.58. The van der Waals surface area contributed by atoms with Gasteiger partial charge in [-0.05, 0) is 68.8 Å². The first-order valence-electron chi connectivity index (χ1n) is 18.6. The Hall–Kier alpha value is -7.10. The molecule has 1 unspecified atom stereocenters. The zero-order valence-electron chi connectivity index (χ0n) is 29.2. The van der Waals surface area contributed by atoms with Gasteiger partial charge in [0.15, 0.2) is 5.82 Å². The summed E-state index contributed by atoms with van der Waals surface area (Å²) in [7, 11) is 0. The van der Waals surface area contributed by atoms with Crippen molar-refractivity contribution in [3.63, 3.8) is 0 Å². The second-order valence-electron chi connectivity index (χ2n) is 14.5. The molecule has 3 heterocycles. The SMILES string of the molecule is c1ccc(-c2ccc(-c3nc(-c4ccc5c(c4)C4(c6ccccc6-5)c5ccccc5-n5c6ccccc6c6cccc4c65)nc4ccccc34)cc2)cc1. The molecule has 250 valence electrons. The third-order valence-corrected chi connectivity index (χ3v) is 11.8. The Morgan fingerprint density at radius 2 is 1.02 bits per heavy atom. The van der Waals surface area contributed by atoms with Crippen molar-refractivity contribution in [2.75, 3.05) is 0 Å². The van der Waals surface area contributed by atoms with E-state index in [0.29, 0.717) is 0 Å². The van der Waals surface area contributed by atoms with Crippen LogP contribution in [0.25, 0.3) is 83.3 Å². The molecule has 1 atom stereocenters. The molecule has 0 bridgehead atoms. The number of rotatable bonds is 3. The van der Waals surface area contributed by atoms with Gasteiger partial charge in [-0.1, -0.05) is 164 Å². The summed E-state index contributed by atoms with van der Waals surface area (Å²) in [6, 6.07) is 68.3. The van der Waals surface area contributed by atoms with E-state index in [2.05, 4.69) is 193 Å². The Bertz CT molecular complexity index is 3160. The van der Waals surface area contributed by atoms with E-state index in [1.54, 1.807) is 0 Å². The van der Waals surface area contributed by atoms with E-state index >= 15 is 0 Å². The third-order valence-electron chi connectivity index (χ3n) is 11.8. The summed E-state index contributed by atoms with van der Waals surface area (Å²) in [5.41, 5.74) is 17.2. The monoisotopic (exact) mass is 685 g/mol. The topological polar surface area (TPSA) is 30.7 Å². The Kier molecular flexibility index (Phi) is 5.98. The lowest BCUT2D eigenvalue weighted by Crippen LogP contribution is -2.33. The van der Waals surface area contributed by atoms with Gasteiger partial charge in [-0.3, -0.25) is 0 Å². The molecular formula is C51H31N3. The zero-order valence-corrected chi connectivity index (χ0v) is 29.2. The average Bonchev–Trinajstić information content (AvgIpc) is 3.74. The van der Waals surface area contributed by atoms with Crippen LogP contribution in [0, 0.1) is 0 Å². The third kappa shape index (κ3) is 3.85. The van der Waals surface area contributed by atoms with E-state index in [4.69, 9.17) is 9.97 Å². The summed E-state index contributed by atoms with van der Waals surface area (Å²) in [6.45, 7) is 0. The van der Waals surface area contributed by atoms with Crippen molar-refractivity contribution in [2.45, 2.75) is 5.41 Å². The number of para-hydroxylation sites is 4. The molecule has 3 heteroatoms. The van der Waals surface area contributed by atoms with E-state index in [1.807, 2.05) is 0 Å². The molecule has 12 rings (SSSR count). The fourth-order valence-corrected chi connectivity index (χ4v) is 9.58. The molecule has 1 aliphatic carbocycles. The van der Waals surface area contributed by atoms with E-state index in [1.165, 1.54) is 72.0 Å². The number of benzene rings is 8. The van der Waals surface area contributed by atoms with Gasteiger partial charge in [-0.2, -0.15) is 0 Å². The Morgan fingerprint density at radius 3 is 1.91 bits per heavy atom. The molecule has 2 aliphatic rings. The van der Waals surface area contributed by atoms with Crippen molar-refractivity contribution < 1.29 is 0 Å². The molecule has 0 N–H and O–H groups in total. The second-order valence-corrected chi connectivity index (χ2v) is 14.5. The summed E-state index contributed by atoms with van der Waals surface area (Å²) in [5, 5.41) is 3.59. The van der Waals surface area contributed by atoms with Crippen molar-refractivity contribution in [1.29, 1.82) is 0 Å². The molecule has 3 nitrogen and oxygen atoms in total. The Labute approximate surface area is 312 Å². The van der Waals surface area contributed by atoms with E-state index < -0.39 is 5.41 Å². The number of aromatic nitrogens is 3. The summed E-state index contributed by atoms with van der Waals surface area (Å²) in [6.07, 6.45) is 0. The first kappa shape index (κ1) is 29.5. The molecule has 0 saturated heterocycles. The highest BCUT2D eigenvalue weighted by Crippen LogP contribution is 2.61. The van der Waals surface area contributed by atoms with Crippen LogP contribution in [0.4, 0.5) is 0 Å². The fraction of sp³-hybridized carbons (Fsp3) is 0.0196. The van der Waals surface area contributed by atoms with Crippen molar-refractivity contribution in [1.82, 2.24) is 14.5 Å². The Morgan fingerprint density at radius 1 is 0.389 bits per heavy atom. The maximum Gasteiger partial charge on any atom is 0.160 e. The summed E-state index contributed by atoms with van der Waals surface area (Å²) in [4.78, 5) is 10.6. The molecule has 0 saturated carbocycles. The minimum Gasteiger partial charge on any atom is -0.309 e. The van der Waals surface area contributed by atoms with Crippen LogP contribution < -0.4 is 0 Å². The molecule has 0 amide bonds. The minimum absolute atomic E-state index is 0.532. The predicted octanol–water partition coefficient (Wildman–Crippen LogP) is 12.4. The summed E-state index contributed by atoms with van der Waals surface area (Å²) >= 11 is 0. The van der Waals surface area contributed by atoms with Crippen LogP contribution in [-0.4, -0.2) is 14.5 Å². The van der Waals surface area contributed by atoms with Gasteiger partial charge in [0.05, 0.1) is 33.3 Å². The van der Waals surface area contributed by atoms with Crippen LogP contribution in [0.2, 0.25) is 0 Å². The van der Waals surface area contributed by atoms with Crippen molar-refractivity contribution >= 4 is 32.7 Å². The molecule has 2 aromatic heterocycles. The highest BCUT2D eigenvalue weighted by molar-refractivity contribution is 6.13. The summed E-state index contributed by atoms with van der Waals surface area (Å²) < 4.78 is 2.49. The van der Waals surface area contributed by atoms with Crippen LogP contribution in [0.15, 0.2) is 188 Å². The lowest BCUT2D eigenvalue weighted by molar-refractivity contribution is 0.748. The minimum atomic E-state index is -0.532. The van der Waals surface area contributed by atoms with Crippen LogP contribution in [0.1, 0.15) is 22.3 Å². The smallest absolute Gasteiger partial charge is 0.160 e. The normalized spacial score (nSPS) is 15.1. The van der Waals surface area contributed by atoms with E-state index in [-0.39, 0.29) is 0 Å². The molecule has 0 radical (unpaired) electrons. The molecular weight excluding hydrogens is 655 g/mol. The highest BCUT2D eigenvalue weighted by Gasteiger charge is 2.50. The van der Waals surface area contributed by atoms with Gasteiger partial charge >= 0.3 is 0 Å². The number of hydrogen-bond acceptors (Lipinski definition) is 2. The molecule has 0 fully saturated rings. The van der Waals surface area contributed by atoms with Gasteiger partial charge in [-0.25, -0.2) is 9.97 Å². The molecule has 54 heavy (non-hydrogen) atoms. The molecule has 8 aromatic carbocycles. The average molecular weight is 686 g/mol. The van der Waals surface area contributed by atoms with Crippen molar-refractivity contribution in [3.8, 4) is 50.6 Å². The first-order chi connectivity index (χ1) is 26.8. The summed E-state index contributed by atoms with van der Waals surface area (Å²) in [5.74, 6) is 0.723. The lowest BCUT2D eigenvalue weighted by atomic mass is 9.65. The van der Waals surface area contributed by atoms with Crippen molar-refractivity contribution in [2.24, 2.45) is 0 Å². The molecule has 10 aromatic rings. The predicted molar refractivity (Wildman–Crippen MR) is 221 cm³/mol. The largest absolute Gasteiger partial charge is 0.309 e. The second kappa shape index (κ2) is 11.0. The van der Waals surface area contributed by atoms with Crippen molar-refractivity contribution in [3.05, 3.63) is 210 Å². The van der Waals surface area contributed by atoms with Gasteiger partial charge in [0, 0.05) is 27.3 Å². The number of hydrogen-bond donors (Lipinski definition) is 0. The van der Waals surface area contributed by atoms with E-state index in [0.717, 1.165) is 33.5 Å². The van der Waals surface area contributed by atoms with Crippen LogP contribution in [-0.2, 0) is 5.41 Å². The quantitative estimate of drug-likeness (QED) is 0.185. The number of fused-ring (bicyclic) bond motifs is 13. The van der Waals surface area contributed by atoms with Gasteiger partial charge in [0.25, 0.3) is 0 Å². The van der Waals surface area contributed by atoms with Gasteiger partial charge in [0.1, 0.15) is 0 Å². The zero-order chi connectivity index (χ0) is 35.4. The van der Waals surface area contributed by atoms with Gasteiger partial charge in [0.2, 0.25) is 0 Å².